The van der Waals surface area contributed by atoms with Gasteiger partial charge in [0.15, 0.2) is 0 Å². The molecule has 0 radical (unpaired) electrons. The van der Waals surface area contributed by atoms with Crippen LogP contribution in [0.25, 0.3) is 0 Å². The van der Waals surface area contributed by atoms with Crippen molar-refractivity contribution in [2.45, 2.75) is 49.6 Å². The first kappa shape index (κ1) is 19.2. The van der Waals surface area contributed by atoms with Gasteiger partial charge in [-0.15, -0.1) is 12.4 Å². The molecule has 1 saturated carbocycles. The van der Waals surface area contributed by atoms with E-state index >= 15 is 0 Å². The van der Waals surface area contributed by atoms with Gasteiger partial charge in [-0.05, 0) is 56.8 Å². The summed E-state index contributed by atoms with van der Waals surface area (Å²) in [6, 6.07) is 4.87. The maximum atomic E-state index is 12.5. The van der Waals surface area contributed by atoms with Crippen LogP contribution in [0.5, 0.6) is 0 Å². The van der Waals surface area contributed by atoms with Crippen LogP contribution in [0, 0.1) is 6.92 Å². The first-order valence-corrected chi connectivity index (χ1v) is 9.58. The molecular formula is C16H24ClN3O3S. The zero-order chi connectivity index (χ0) is 16.4. The van der Waals surface area contributed by atoms with Crippen molar-refractivity contribution >= 4 is 28.3 Å². The predicted molar refractivity (Wildman–Crippen MR) is 95.1 cm³/mol. The van der Waals surface area contributed by atoms with Crippen molar-refractivity contribution in [3.05, 3.63) is 29.3 Å². The zero-order valence-corrected chi connectivity index (χ0v) is 15.3. The quantitative estimate of drug-likeness (QED) is 0.726. The summed E-state index contributed by atoms with van der Waals surface area (Å²) < 4.78 is 27.3. The molecule has 6 nitrogen and oxygen atoms in total. The third-order valence-electron chi connectivity index (χ3n) is 4.30. The number of aryl methyl sites for hydroxylation is 1. The van der Waals surface area contributed by atoms with E-state index in [-0.39, 0.29) is 35.3 Å². The molecule has 1 aliphatic carbocycles. The minimum Gasteiger partial charge on any atom is -0.348 e. The molecule has 8 heteroatoms. The Balaban J connectivity index is 0.00000208. The number of carbonyl (C=O) groups excluding carboxylic acids is 1. The number of carbonyl (C=O) groups is 1. The molecule has 1 heterocycles. The van der Waals surface area contributed by atoms with E-state index in [0.29, 0.717) is 5.56 Å². The summed E-state index contributed by atoms with van der Waals surface area (Å²) in [5.74, 6) is -0.209. The highest BCUT2D eigenvalue weighted by Crippen LogP contribution is 2.23. The van der Waals surface area contributed by atoms with E-state index in [1.807, 2.05) is 6.92 Å². The Morgan fingerprint density at radius 3 is 2.58 bits per heavy atom. The van der Waals surface area contributed by atoms with E-state index in [0.717, 1.165) is 44.3 Å². The molecule has 0 spiro atoms. The van der Waals surface area contributed by atoms with Crippen molar-refractivity contribution in [3.8, 4) is 0 Å². The molecule has 1 atom stereocenters. The number of sulfonamides is 1. The van der Waals surface area contributed by atoms with Gasteiger partial charge in [0.05, 0.1) is 4.90 Å². The van der Waals surface area contributed by atoms with E-state index < -0.39 is 10.0 Å². The lowest BCUT2D eigenvalue weighted by molar-refractivity contribution is 0.0930. The number of halogens is 1. The molecule has 24 heavy (non-hydrogen) atoms. The highest BCUT2D eigenvalue weighted by Gasteiger charge is 2.28. The molecule has 2 fully saturated rings. The standard InChI is InChI=1S/C16H23N3O3S.ClH/c1-11-4-7-14(23(21,22)19-12-5-6-12)9-15(11)16(20)18-13-3-2-8-17-10-13;/h4,7,9,12-13,17,19H,2-3,5-6,8,10H2,1H3,(H,18,20);1H. The summed E-state index contributed by atoms with van der Waals surface area (Å²) in [7, 11) is -3.55. The molecule has 1 aromatic carbocycles. The maximum absolute atomic E-state index is 12.5. The molecule has 0 bridgehead atoms. The summed E-state index contributed by atoms with van der Waals surface area (Å²) in [6.45, 7) is 3.55. The second-order valence-corrected chi connectivity index (χ2v) is 8.10. The highest BCUT2D eigenvalue weighted by atomic mass is 35.5. The van der Waals surface area contributed by atoms with Crippen molar-refractivity contribution in [2.24, 2.45) is 0 Å². The van der Waals surface area contributed by atoms with Gasteiger partial charge in [-0.3, -0.25) is 4.79 Å². The summed E-state index contributed by atoms with van der Waals surface area (Å²) in [5, 5.41) is 6.24. The lowest BCUT2D eigenvalue weighted by atomic mass is 10.1. The van der Waals surface area contributed by atoms with Crippen LogP contribution >= 0.6 is 12.4 Å². The monoisotopic (exact) mass is 373 g/mol. The van der Waals surface area contributed by atoms with Crippen molar-refractivity contribution in [1.29, 1.82) is 0 Å². The van der Waals surface area contributed by atoms with E-state index in [1.54, 1.807) is 12.1 Å². The van der Waals surface area contributed by atoms with Crippen molar-refractivity contribution in [1.82, 2.24) is 15.4 Å². The minimum atomic E-state index is -3.55. The normalized spacial score (nSPS) is 21.0. The molecule has 3 N–H and O–H groups in total. The Morgan fingerprint density at radius 2 is 1.96 bits per heavy atom. The Morgan fingerprint density at radius 1 is 1.21 bits per heavy atom. The van der Waals surface area contributed by atoms with Gasteiger partial charge in [0.2, 0.25) is 10.0 Å². The fraction of sp³-hybridized carbons (Fsp3) is 0.562. The van der Waals surface area contributed by atoms with Crippen LogP contribution in [0.15, 0.2) is 23.1 Å². The summed E-state index contributed by atoms with van der Waals surface area (Å²) >= 11 is 0. The Labute approximate surface area is 149 Å². The van der Waals surface area contributed by atoms with E-state index in [2.05, 4.69) is 15.4 Å². The van der Waals surface area contributed by atoms with Gasteiger partial charge in [-0.2, -0.15) is 0 Å². The lowest BCUT2D eigenvalue weighted by Gasteiger charge is -2.24. The Bertz CT molecular complexity index is 699. The van der Waals surface area contributed by atoms with Crippen molar-refractivity contribution < 1.29 is 13.2 Å². The fourth-order valence-electron chi connectivity index (χ4n) is 2.74. The average Bonchev–Trinajstić information content (AvgIpc) is 3.31. The van der Waals surface area contributed by atoms with Crippen molar-refractivity contribution in [2.75, 3.05) is 13.1 Å². The van der Waals surface area contributed by atoms with Gasteiger partial charge in [-0.25, -0.2) is 13.1 Å². The van der Waals surface area contributed by atoms with Gasteiger partial charge in [0.25, 0.3) is 5.91 Å². The SMILES string of the molecule is Cc1ccc(S(=O)(=O)NC2CC2)cc1C(=O)NC1CCCNC1.Cl. The summed E-state index contributed by atoms with van der Waals surface area (Å²) in [6.07, 6.45) is 3.74. The maximum Gasteiger partial charge on any atom is 0.251 e. The van der Waals surface area contributed by atoms with E-state index in [9.17, 15) is 13.2 Å². The number of hydrogen-bond donors (Lipinski definition) is 3. The van der Waals surface area contributed by atoms with Crippen LogP contribution in [0.1, 0.15) is 41.6 Å². The lowest BCUT2D eigenvalue weighted by Crippen LogP contribution is -2.45. The summed E-state index contributed by atoms with van der Waals surface area (Å²) in [4.78, 5) is 12.6. The van der Waals surface area contributed by atoms with Crippen LogP contribution in [-0.2, 0) is 10.0 Å². The fourth-order valence-corrected chi connectivity index (χ4v) is 4.07. The third kappa shape index (κ3) is 4.69. The van der Waals surface area contributed by atoms with Crippen molar-refractivity contribution in [3.63, 3.8) is 0 Å². The highest BCUT2D eigenvalue weighted by molar-refractivity contribution is 7.89. The summed E-state index contributed by atoms with van der Waals surface area (Å²) in [5.41, 5.74) is 1.20. The first-order chi connectivity index (χ1) is 11.0. The second kappa shape index (κ2) is 7.82. The smallest absolute Gasteiger partial charge is 0.251 e. The van der Waals surface area contributed by atoms with Crippen LogP contribution in [0.2, 0.25) is 0 Å². The molecule has 1 amide bonds. The Kier molecular flexibility index (Phi) is 6.25. The topological polar surface area (TPSA) is 87.3 Å². The number of hydrogen-bond acceptors (Lipinski definition) is 4. The second-order valence-electron chi connectivity index (χ2n) is 6.39. The predicted octanol–water partition coefficient (Wildman–Crippen LogP) is 1.34. The molecule has 1 saturated heterocycles. The zero-order valence-electron chi connectivity index (χ0n) is 13.7. The molecule has 1 aromatic rings. The van der Waals surface area contributed by atoms with Gasteiger partial charge < -0.3 is 10.6 Å². The first-order valence-electron chi connectivity index (χ1n) is 8.10. The molecular weight excluding hydrogens is 350 g/mol. The molecule has 3 rings (SSSR count). The third-order valence-corrected chi connectivity index (χ3v) is 5.81. The van der Waals surface area contributed by atoms with Crippen LogP contribution in [0.4, 0.5) is 0 Å². The largest absolute Gasteiger partial charge is 0.348 e. The van der Waals surface area contributed by atoms with Gasteiger partial charge >= 0.3 is 0 Å². The number of benzene rings is 1. The van der Waals surface area contributed by atoms with Gasteiger partial charge in [0.1, 0.15) is 0 Å². The van der Waals surface area contributed by atoms with Gasteiger partial charge in [-0.1, -0.05) is 6.07 Å². The van der Waals surface area contributed by atoms with E-state index in [1.165, 1.54) is 6.07 Å². The molecule has 1 unspecified atom stereocenters. The number of rotatable bonds is 5. The number of piperidine rings is 1. The van der Waals surface area contributed by atoms with Gasteiger partial charge in [0, 0.05) is 24.2 Å². The average molecular weight is 374 g/mol. The minimum absolute atomic E-state index is 0. The Hall–Kier alpha value is -1.15. The van der Waals surface area contributed by atoms with Crippen LogP contribution < -0.4 is 15.4 Å². The van der Waals surface area contributed by atoms with E-state index in [4.69, 9.17) is 0 Å². The molecule has 1 aliphatic heterocycles. The molecule has 2 aliphatic rings. The molecule has 0 aromatic heterocycles. The van der Waals surface area contributed by atoms with Crippen LogP contribution in [-0.4, -0.2) is 39.5 Å². The molecule has 134 valence electrons. The number of amides is 1. The number of nitrogens with one attached hydrogen (secondary N) is 3. The van der Waals surface area contributed by atoms with Crippen LogP contribution in [0.3, 0.4) is 0 Å².